The molecule has 3 aromatic rings. The van der Waals surface area contributed by atoms with Gasteiger partial charge in [-0.05, 0) is 24.3 Å². The number of aromatic carboxylic acids is 1. The molecule has 3 rings (SSSR count). The number of pyridine rings is 1. The maximum atomic E-state index is 11.1. The average molecular weight is 273 g/mol. The number of halogens is 1. The van der Waals surface area contributed by atoms with E-state index in [1.807, 2.05) is 12.1 Å². The Hall–Kier alpha value is -2.33. The van der Waals surface area contributed by atoms with Gasteiger partial charge in [0.05, 0.1) is 5.69 Å². The van der Waals surface area contributed by atoms with Crippen LogP contribution in [0.3, 0.4) is 0 Å². The Morgan fingerprint density at radius 2 is 2.00 bits per heavy atom. The number of nitrogens with zero attached hydrogens (tertiary/aromatic N) is 2. The van der Waals surface area contributed by atoms with Crippen LogP contribution in [0.1, 0.15) is 10.5 Å². The molecule has 2 heterocycles. The highest BCUT2D eigenvalue weighted by molar-refractivity contribution is 6.30. The van der Waals surface area contributed by atoms with Crippen molar-refractivity contribution in [2.24, 2.45) is 0 Å². The lowest BCUT2D eigenvalue weighted by Gasteiger charge is -1.98. The molecule has 1 aromatic carbocycles. The van der Waals surface area contributed by atoms with E-state index < -0.39 is 5.97 Å². The van der Waals surface area contributed by atoms with Crippen LogP contribution in [-0.4, -0.2) is 20.5 Å². The number of benzene rings is 1. The van der Waals surface area contributed by atoms with Crippen LogP contribution in [0.15, 0.2) is 48.7 Å². The van der Waals surface area contributed by atoms with Crippen molar-refractivity contribution in [3.8, 4) is 11.3 Å². The summed E-state index contributed by atoms with van der Waals surface area (Å²) in [4.78, 5) is 15.6. The van der Waals surface area contributed by atoms with Crippen LogP contribution in [0.5, 0.6) is 0 Å². The summed E-state index contributed by atoms with van der Waals surface area (Å²) in [6.45, 7) is 0. The predicted molar refractivity (Wildman–Crippen MR) is 72.6 cm³/mol. The van der Waals surface area contributed by atoms with Gasteiger partial charge >= 0.3 is 5.97 Å². The number of rotatable bonds is 2. The minimum atomic E-state index is -0.986. The molecule has 0 saturated heterocycles. The summed E-state index contributed by atoms with van der Waals surface area (Å²) >= 11 is 5.95. The van der Waals surface area contributed by atoms with Crippen LogP contribution < -0.4 is 0 Å². The van der Waals surface area contributed by atoms with E-state index >= 15 is 0 Å². The van der Waals surface area contributed by atoms with Gasteiger partial charge in [0, 0.05) is 16.8 Å². The third-order valence-corrected chi connectivity index (χ3v) is 3.07. The Kier molecular flexibility index (Phi) is 2.72. The highest BCUT2D eigenvalue weighted by atomic mass is 35.5. The Morgan fingerprint density at radius 1 is 1.21 bits per heavy atom. The Labute approximate surface area is 113 Å². The van der Waals surface area contributed by atoms with Gasteiger partial charge in [-0.15, -0.1) is 0 Å². The fraction of sp³-hybridized carbons (Fsp3) is 0. The summed E-state index contributed by atoms with van der Waals surface area (Å²) in [6.07, 6.45) is 1.70. The monoisotopic (exact) mass is 272 g/mol. The third-order valence-electron chi connectivity index (χ3n) is 2.83. The smallest absolute Gasteiger partial charge is 0.352 e. The molecule has 0 amide bonds. The van der Waals surface area contributed by atoms with Crippen molar-refractivity contribution in [2.75, 3.05) is 0 Å². The summed E-state index contributed by atoms with van der Waals surface area (Å²) in [6, 6.07) is 12.3. The first kappa shape index (κ1) is 11.7. The van der Waals surface area contributed by atoms with Crippen LogP contribution >= 0.6 is 11.6 Å². The van der Waals surface area contributed by atoms with E-state index in [9.17, 15) is 4.79 Å². The number of fused-ring (bicyclic) bond motifs is 1. The third kappa shape index (κ3) is 2.06. The van der Waals surface area contributed by atoms with Gasteiger partial charge in [0.25, 0.3) is 0 Å². The fourth-order valence-electron chi connectivity index (χ4n) is 1.97. The molecule has 0 spiro atoms. The first-order valence-electron chi connectivity index (χ1n) is 5.62. The molecule has 0 aliphatic rings. The zero-order valence-electron chi connectivity index (χ0n) is 9.75. The molecular weight excluding hydrogens is 264 g/mol. The van der Waals surface area contributed by atoms with E-state index in [4.69, 9.17) is 16.7 Å². The van der Waals surface area contributed by atoms with Crippen molar-refractivity contribution in [3.05, 3.63) is 59.4 Å². The van der Waals surface area contributed by atoms with Crippen molar-refractivity contribution in [2.45, 2.75) is 0 Å². The van der Waals surface area contributed by atoms with E-state index in [1.54, 1.807) is 40.9 Å². The van der Waals surface area contributed by atoms with Crippen molar-refractivity contribution in [1.82, 2.24) is 9.38 Å². The highest BCUT2D eigenvalue weighted by Gasteiger charge is 2.11. The van der Waals surface area contributed by atoms with Crippen LogP contribution in [0.2, 0.25) is 5.02 Å². The van der Waals surface area contributed by atoms with Gasteiger partial charge in [0.15, 0.2) is 0 Å². The number of aromatic nitrogens is 2. The van der Waals surface area contributed by atoms with Crippen LogP contribution in [0.4, 0.5) is 0 Å². The van der Waals surface area contributed by atoms with E-state index in [1.165, 1.54) is 0 Å². The van der Waals surface area contributed by atoms with Crippen molar-refractivity contribution in [3.63, 3.8) is 0 Å². The molecule has 0 fully saturated rings. The number of imidazole rings is 1. The molecule has 0 radical (unpaired) electrons. The molecule has 0 unspecified atom stereocenters. The van der Waals surface area contributed by atoms with Gasteiger partial charge in [-0.1, -0.05) is 29.8 Å². The zero-order valence-corrected chi connectivity index (χ0v) is 10.5. The Bertz CT molecular complexity index is 780. The second-order valence-electron chi connectivity index (χ2n) is 4.08. The standard InChI is InChI=1S/C14H9ClN2O2/c15-10-4-1-3-9(7-10)11-8-17-12(14(18)19)5-2-6-13(17)16-11/h1-8H,(H,18,19). The first-order valence-corrected chi connectivity index (χ1v) is 6.00. The number of carboxylic acid groups (broad SMARTS) is 1. The summed E-state index contributed by atoms with van der Waals surface area (Å²) < 4.78 is 1.55. The molecule has 0 aliphatic carbocycles. The topological polar surface area (TPSA) is 54.6 Å². The lowest BCUT2D eigenvalue weighted by atomic mass is 10.2. The summed E-state index contributed by atoms with van der Waals surface area (Å²) in [5.74, 6) is -0.986. The van der Waals surface area contributed by atoms with Gasteiger partial charge in [0.2, 0.25) is 0 Å². The molecule has 4 nitrogen and oxygen atoms in total. The predicted octanol–water partition coefficient (Wildman–Crippen LogP) is 3.35. The number of carboxylic acids is 1. The minimum Gasteiger partial charge on any atom is -0.477 e. The molecule has 0 saturated carbocycles. The van der Waals surface area contributed by atoms with Gasteiger partial charge in [-0.25, -0.2) is 9.78 Å². The van der Waals surface area contributed by atoms with E-state index in [0.29, 0.717) is 16.4 Å². The number of carbonyl (C=O) groups is 1. The van der Waals surface area contributed by atoms with Crippen molar-refractivity contribution < 1.29 is 9.90 Å². The summed E-state index contributed by atoms with van der Waals surface area (Å²) in [7, 11) is 0. The van der Waals surface area contributed by atoms with Gasteiger partial charge in [0.1, 0.15) is 11.3 Å². The Balaban J connectivity index is 2.22. The van der Waals surface area contributed by atoms with Gasteiger partial charge in [-0.3, -0.25) is 4.40 Å². The molecule has 1 N–H and O–H groups in total. The minimum absolute atomic E-state index is 0.179. The quantitative estimate of drug-likeness (QED) is 0.778. The number of hydrogen-bond acceptors (Lipinski definition) is 2. The first-order chi connectivity index (χ1) is 9.15. The number of hydrogen-bond donors (Lipinski definition) is 1. The largest absolute Gasteiger partial charge is 0.477 e. The summed E-state index contributed by atoms with van der Waals surface area (Å²) in [5, 5.41) is 9.76. The molecule has 0 bridgehead atoms. The second kappa shape index (κ2) is 4.40. The van der Waals surface area contributed by atoms with Gasteiger partial charge in [-0.2, -0.15) is 0 Å². The SMILES string of the molecule is O=C(O)c1cccc2nc(-c3cccc(Cl)c3)cn12. The summed E-state index contributed by atoms with van der Waals surface area (Å²) in [5.41, 5.74) is 2.32. The molecule has 0 aliphatic heterocycles. The van der Waals surface area contributed by atoms with Gasteiger partial charge < -0.3 is 5.11 Å². The van der Waals surface area contributed by atoms with Crippen molar-refractivity contribution in [1.29, 1.82) is 0 Å². The normalized spacial score (nSPS) is 10.8. The molecular formula is C14H9ClN2O2. The van der Waals surface area contributed by atoms with Crippen LogP contribution in [0.25, 0.3) is 16.9 Å². The Morgan fingerprint density at radius 3 is 2.74 bits per heavy atom. The average Bonchev–Trinajstić information content (AvgIpc) is 2.82. The maximum Gasteiger partial charge on any atom is 0.352 e. The lowest BCUT2D eigenvalue weighted by molar-refractivity contribution is 0.0689. The zero-order chi connectivity index (χ0) is 13.4. The highest BCUT2D eigenvalue weighted by Crippen LogP contribution is 2.23. The maximum absolute atomic E-state index is 11.1. The fourth-order valence-corrected chi connectivity index (χ4v) is 2.16. The molecule has 0 atom stereocenters. The molecule has 2 aromatic heterocycles. The van der Waals surface area contributed by atoms with Crippen molar-refractivity contribution >= 4 is 23.2 Å². The molecule has 94 valence electrons. The van der Waals surface area contributed by atoms with Crippen LogP contribution in [0, 0.1) is 0 Å². The molecule has 5 heteroatoms. The molecule has 19 heavy (non-hydrogen) atoms. The van der Waals surface area contributed by atoms with E-state index in [-0.39, 0.29) is 5.69 Å². The lowest BCUT2D eigenvalue weighted by Crippen LogP contribution is -2.03. The second-order valence-corrected chi connectivity index (χ2v) is 4.52. The van der Waals surface area contributed by atoms with E-state index in [2.05, 4.69) is 4.98 Å². The van der Waals surface area contributed by atoms with E-state index in [0.717, 1.165) is 5.56 Å². The van der Waals surface area contributed by atoms with Crippen LogP contribution in [-0.2, 0) is 0 Å².